The molecule has 0 saturated carbocycles. The largest absolute Gasteiger partial charge is 0.310 e. The summed E-state index contributed by atoms with van der Waals surface area (Å²) in [7, 11) is 2.48. The van der Waals surface area contributed by atoms with E-state index in [0.29, 0.717) is 0 Å². The predicted octanol–water partition coefficient (Wildman–Crippen LogP) is 13.5. The molecule has 0 spiro atoms. The highest BCUT2D eigenvalue weighted by atomic mass is 31.0. The van der Waals surface area contributed by atoms with Gasteiger partial charge in [0, 0.05) is 33.5 Å². The van der Waals surface area contributed by atoms with Gasteiger partial charge in [0.1, 0.15) is 0 Å². The second-order valence-electron chi connectivity index (χ2n) is 11.4. The number of hydrogen-bond acceptors (Lipinski definition) is 3. The van der Waals surface area contributed by atoms with Gasteiger partial charge in [-0.2, -0.15) is 0 Å². The van der Waals surface area contributed by atoms with Crippen LogP contribution >= 0.6 is 9.03 Å². The minimum absolute atomic E-state index is 1.12. The van der Waals surface area contributed by atoms with Crippen LogP contribution in [0.3, 0.4) is 0 Å². The Morgan fingerprint density at radius 2 is 0.667 bits per heavy atom. The van der Waals surface area contributed by atoms with Crippen LogP contribution in [0.2, 0.25) is 1.41 Å². The van der Waals surface area contributed by atoms with E-state index in [1.54, 1.807) is 0 Å². The number of benzene rings is 8. The van der Waals surface area contributed by atoms with Crippen molar-refractivity contribution >= 4 is 64.7 Å². The average Bonchev–Trinajstić information content (AvgIpc) is 3.17. The second kappa shape index (κ2) is 14.2. The molecular weight excluding hydrogens is 601 g/mol. The van der Waals surface area contributed by atoms with Crippen LogP contribution < -0.4 is 9.80 Å². The molecule has 1 N–H and O–H groups in total. The fraction of sp³-hybridized carbons (Fsp3) is 0. The van der Waals surface area contributed by atoms with Crippen molar-refractivity contribution in [2.45, 2.75) is 0 Å². The van der Waals surface area contributed by atoms with E-state index < -0.39 is 0 Å². The van der Waals surface area contributed by atoms with Crippen LogP contribution in [0.1, 0.15) is 0 Å². The molecule has 0 heterocycles. The van der Waals surface area contributed by atoms with E-state index in [4.69, 9.17) is 1.41 Å². The van der Waals surface area contributed by atoms with Gasteiger partial charge in [-0.3, -0.25) is 5.15 Å². The van der Waals surface area contributed by atoms with E-state index >= 15 is 0 Å². The van der Waals surface area contributed by atoms with Gasteiger partial charge in [-0.1, -0.05) is 133 Å². The number of para-hydroxylation sites is 2. The molecule has 8 aromatic rings. The van der Waals surface area contributed by atoms with Gasteiger partial charge in [0.05, 0.1) is 11.4 Å². The normalized spacial score (nSPS) is 10.9. The number of fused-ring (bicyclic) bond motifs is 2. The van der Waals surface area contributed by atoms with Crippen LogP contribution in [0.5, 0.6) is 0 Å². The predicted molar refractivity (Wildman–Crippen MR) is 207 cm³/mol. The van der Waals surface area contributed by atoms with Crippen molar-refractivity contribution in [2.75, 3.05) is 9.80 Å². The summed E-state index contributed by atoms with van der Waals surface area (Å²) in [5.74, 6) is 0. The van der Waals surface area contributed by atoms with Crippen LogP contribution in [-0.4, -0.2) is 0 Å². The number of nitrogens with one attached hydrogen (secondary N) is 1. The van der Waals surface area contributed by atoms with E-state index in [0.717, 1.165) is 34.1 Å². The van der Waals surface area contributed by atoms with E-state index in [9.17, 15) is 0 Å². The van der Waals surface area contributed by atoms with Crippen molar-refractivity contribution < 1.29 is 1.41 Å². The first kappa shape index (κ1) is 29.4. The number of rotatable bonds is 7. The Labute approximate surface area is 285 Å². The Hall–Kier alpha value is -6.02. The zero-order valence-electron chi connectivity index (χ0n) is 27.3. The summed E-state index contributed by atoms with van der Waals surface area (Å²) in [6.07, 6.45) is 0. The maximum atomic E-state index is 5.75. The molecule has 3 nitrogen and oxygen atoms in total. The van der Waals surface area contributed by atoms with Crippen LogP contribution in [0.25, 0.3) is 32.7 Å². The molecule has 0 unspecified atom stereocenters. The molecule has 230 valence electrons. The highest BCUT2D eigenvalue weighted by Gasteiger charge is 2.17. The van der Waals surface area contributed by atoms with Gasteiger partial charge in [-0.05, 0) is 91.6 Å². The fourth-order valence-electron chi connectivity index (χ4n) is 6.42. The molecule has 8 rings (SSSR count). The molecule has 0 aliphatic carbocycles. The Balaban J connectivity index is 0.00000122. The quantitative estimate of drug-likeness (QED) is 0.176. The third kappa shape index (κ3) is 6.08. The highest BCUT2D eigenvalue weighted by Crippen LogP contribution is 2.41. The van der Waals surface area contributed by atoms with Crippen molar-refractivity contribution in [3.63, 3.8) is 0 Å². The molecule has 0 aromatic heterocycles. The Morgan fingerprint density at radius 3 is 1.06 bits per heavy atom. The van der Waals surface area contributed by atoms with Crippen molar-refractivity contribution in [1.82, 2.24) is 0 Å². The monoisotopic (exact) mass is 636 g/mol. The standard InChI is InChI=1S/C44H32N2.H2NP/c1-3-17-37(18-4-1)45(43-23-11-15-35-13-7-9-21-41(35)43)39-29-25-33(26-30-39)34-27-31-40(32-28-34)46(38-19-5-2-6-20-38)44-24-12-16-36-14-8-10-22-42(36)44;1-2/h1-32H;1-2H/i/hD. The third-order valence-electron chi connectivity index (χ3n) is 8.63. The summed E-state index contributed by atoms with van der Waals surface area (Å²) >= 11 is 0. The molecule has 0 bridgehead atoms. The summed E-state index contributed by atoms with van der Waals surface area (Å²) in [4.78, 5) is 4.69. The number of nitrogens with zero attached hydrogens (tertiary/aromatic N) is 2. The summed E-state index contributed by atoms with van der Waals surface area (Å²) in [5, 5.41) is 7.46. The topological polar surface area (TPSA) is 30.3 Å². The maximum absolute atomic E-state index is 5.75. The summed E-state index contributed by atoms with van der Waals surface area (Å²) in [6, 6.07) is 69.2. The van der Waals surface area contributed by atoms with Crippen LogP contribution in [0.15, 0.2) is 194 Å². The Kier molecular flexibility index (Phi) is 8.68. The smallest absolute Gasteiger partial charge is 0.192 e. The minimum atomic E-state index is 1.12. The van der Waals surface area contributed by atoms with Gasteiger partial charge in [-0.15, -0.1) is 0 Å². The average molecular weight is 637 g/mol. The van der Waals surface area contributed by atoms with Crippen molar-refractivity contribution in [3.8, 4) is 11.1 Å². The lowest BCUT2D eigenvalue weighted by Gasteiger charge is -2.27. The van der Waals surface area contributed by atoms with E-state index in [2.05, 4.69) is 218 Å². The summed E-state index contributed by atoms with van der Waals surface area (Å²) in [5.41, 5.74) is 9.18. The summed E-state index contributed by atoms with van der Waals surface area (Å²) in [6.45, 7) is 0. The van der Waals surface area contributed by atoms with E-state index in [-0.39, 0.29) is 0 Å². The van der Waals surface area contributed by atoms with Crippen molar-refractivity contribution in [1.29, 1.82) is 5.15 Å². The molecule has 0 aliphatic rings. The SMILES string of the molecule is [2H]N=P.c1ccc(N(c2ccc(-c3ccc(N(c4ccccc4)c4cccc5ccccc45)cc3)cc2)c2cccc3ccccc23)cc1. The first-order valence-corrected chi connectivity index (χ1v) is 16.4. The lowest BCUT2D eigenvalue weighted by molar-refractivity contribution is 1.29. The first-order chi connectivity index (χ1) is 24.2. The van der Waals surface area contributed by atoms with Gasteiger partial charge in [0.25, 0.3) is 0 Å². The van der Waals surface area contributed by atoms with E-state index in [1.165, 1.54) is 32.7 Å². The molecular formula is C44H34N3P. The molecule has 0 saturated heterocycles. The molecule has 0 fully saturated rings. The zero-order chi connectivity index (χ0) is 33.4. The number of hydrogen-bond donors (Lipinski definition) is 1. The van der Waals surface area contributed by atoms with Crippen LogP contribution in [-0.2, 0) is 0 Å². The van der Waals surface area contributed by atoms with Crippen molar-refractivity contribution in [2.24, 2.45) is 0 Å². The first-order valence-electron chi connectivity index (χ1n) is 16.4. The highest BCUT2D eigenvalue weighted by molar-refractivity contribution is 7.02. The van der Waals surface area contributed by atoms with Gasteiger partial charge in [0.15, 0.2) is 1.41 Å². The maximum Gasteiger partial charge on any atom is 0.192 e. The molecule has 0 radical (unpaired) electrons. The molecule has 48 heavy (non-hydrogen) atoms. The van der Waals surface area contributed by atoms with E-state index in [1.807, 2.05) is 0 Å². The van der Waals surface area contributed by atoms with Gasteiger partial charge in [-0.25, -0.2) is 0 Å². The Morgan fingerprint density at radius 1 is 0.354 bits per heavy atom. The van der Waals surface area contributed by atoms with Crippen molar-refractivity contribution in [3.05, 3.63) is 194 Å². The van der Waals surface area contributed by atoms with Gasteiger partial charge in [0.2, 0.25) is 0 Å². The molecule has 8 aromatic carbocycles. The molecule has 0 atom stereocenters. The summed E-state index contributed by atoms with van der Waals surface area (Å²) < 4.78 is 5.75. The minimum Gasteiger partial charge on any atom is -0.310 e. The second-order valence-corrected chi connectivity index (χ2v) is 11.4. The fourth-order valence-corrected chi connectivity index (χ4v) is 6.42. The van der Waals surface area contributed by atoms with Gasteiger partial charge >= 0.3 is 0 Å². The van der Waals surface area contributed by atoms with Crippen LogP contribution in [0, 0.1) is 5.15 Å². The third-order valence-corrected chi connectivity index (χ3v) is 8.63. The molecule has 0 aliphatic heterocycles. The number of anilines is 6. The molecule has 4 heteroatoms. The lowest BCUT2D eigenvalue weighted by atomic mass is 10.0. The molecule has 0 amide bonds. The van der Waals surface area contributed by atoms with Crippen LogP contribution in [0.4, 0.5) is 34.1 Å². The zero-order valence-corrected chi connectivity index (χ0v) is 27.3. The lowest BCUT2D eigenvalue weighted by Crippen LogP contribution is -2.10. The van der Waals surface area contributed by atoms with Gasteiger partial charge < -0.3 is 9.80 Å². The Bertz CT molecular complexity index is 2130.